The quantitative estimate of drug-likeness (QED) is 0.209. The number of amides is 2. The molecule has 1 saturated heterocycles. The highest BCUT2D eigenvalue weighted by molar-refractivity contribution is 7.09. The molecule has 0 bridgehead atoms. The number of nitrogens with zero attached hydrogens (tertiary/aromatic N) is 4. The minimum Gasteiger partial charge on any atom is -0.489 e. The maximum absolute atomic E-state index is 13.4. The Bertz CT molecular complexity index is 1550. The third-order valence-corrected chi connectivity index (χ3v) is 8.21. The molecule has 2 amide bonds. The minimum atomic E-state index is -4.43. The first-order chi connectivity index (χ1) is 21.1. The van der Waals surface area contributed by atoms with Crippen LogP contribution in [0.2, 0.25) is 0 Å². The standard InChI is InChI=1S/C33H33F3N4O3S/c1-24(41)39-14-16-40(17-15-39)32(42)30-23-44-31(37-30)21-38(20-27-8-5-9-28(18-27)33(34,35)36)19-25-10-12-29(13-11-25)43-22-26-6-3-2-4-7-26/h2-13,18,23H,14-17,19-22H2,1H3. The first-order valence-corrected chi connectivity index (χ1v) is 15.2. The highest BCUT2D eigenvalue weighted by Crippen LogP contribution is 2.30. The zero-order chi connectivity index (χ0) is 31.1. The summed E-state index contributed by atoms with van der Waals surface area (Å²) in [5, 5.41) is 2.40. The molecule has 0 aliphatic carbocycles. The number of ether oxygens (including phenoxy) is 1. The third-order valence-electron chi connectivity index (χ3n) is 7.38. The first kappa shape index (κ1) is 31.2. The molecule has 0 saturated carbocycles. The molecular formula is C33H33F3N4O3S. The Labute approximate surface area is 258 Å². The van der Waals surface area contributed by atoms with E-state index in [1.54, 1.807) is 21.2 Å². The zero-order valence-corrected chi connectivity index (χ0v) is 25.1. The molecule has 230 valence electrons. The predicted octanol–water partition coefficient (Wildman–Crippen LogP) is 6.25. The van der Waals surface area contributed by atoms with Gasteiger partial charge >= 0.3 is 6.18 Å². The van der Waals surface area contributed by atoms with Crippen molar-refractivity contribution in [1.29, 1.82) is 0 Å². The molecule has 0 radical (unpaired) electrons. The Hall–Kier alpha value is -4.22. The van der Waals surface area contributed by atoms with Gasteiger partial charge in [0.2, 0.25) is 5.91 Å². The molecule has 1 aliphatic rings. The summed E-state index contributed by atoms with van der Waals surface area (Å²) in [7, 11) is 0. The van der Waals surface area contributed by atoms with Crippen LogP contribution >= 0.6 is 11.3 Å². The van der Waals surface area contributed by atoms with E-state index in [-0.39, 0.29) is 18.4 Å². The molecule has 44 heavy (non-hydrogen) atoms. The number of halogens is 3. The molecular weight excluding hydrogens is 589 g/mol. The van der Waals surface area contributed by atoms with E-state index >= 15 is 0 Å². The lowest BCUT2D eigenvalue weighted by molar-refractivity contribution is -0.137. The average Bonchev–Trinajstić information content (AvgIpc) is 3.49. The van der Waals surface area contributed by atoms with Crippen molar-refractivity contribution in [2.75, 3.05) is 26.2 Å². The first-order valence-electron chi connectivity index (χ1n) is 14.3. The fourth-order valence-electron chi connectivity index (χ4n) is 5.02. The van der Waals surface area contributed by atoms with Gasteiger partial charge in [0.1, 0.15) is 23.1 Å². The van der Waals surface area contributed by atoms with Gasteiger partial charge in [0.25, 0.3) is 5.91 Å². The van der Waals surface area contributed by atoms with Gasteiger partial charge in [0.15, 0.2) is 0 Å². The maximum atomic E-state index is 13.4. The smallest absolute Gasteiger partial charge is 0.416 e. The van der Waals surface area contributed by atoms with Crippen LogP contribution in [0, 0.1) is 0 Å². The van der Waals surface area contributed by atoms with Gasteiger partial charge in [-0.25, -0.2) is 4.98 Å². The summed E-state index contributed by atoms with van der Waals surface area (Å²) in [6.45, 7) is 4.87. The Balaban J connectivity index is 1.28. The van der Waals surface area contributed by atoms with Crippen LogP contribution in [0.4, 0.5) is 13.2 Å². The summed E-state index contributed by atoms with van der Waals surface area (Å²) in [5.74, 6) is 0.517. The minimum absolute atomic E-state index is 0.0109. The van der Waals surface area contributed by atoms with E-state index in [0.29, 0.717) is 67.9 Å². The number of rotatable bonds is 10. The van der Waals surface area contributed by atoms with Gasteiger partial charge in [-0.2, -0.15) is 13.2 Å². The molecule has 1 aromatic heterocycles. The van der Waals surface area contributed by atoms with Crippen LogP contribution < -0.4 is 4.74 Å². The van der Waals surface area contributed by atoms with Crippen molar-refractivity contribution in [1.82, 2.24) is 19.7 Å². The van der Waals surface area contributed by atoms with E-state index < -0.39 is 11.7 Å². The van der Waals surface area contributed by atoms with Crippen LogP contribution in [0.25, 0.3) is 0 Å². The van der Waals surface area contributed by atoms with Gasteiger partial charge in [0, 0.05) is 51.6 Å². The van der Waals surface area contributed by atoms with Gasteiger partial charge in [-0.15, -0.1) is 11.3 Å². The van der Waals surface area contributed by atoms with E-state index in [4.69, 9.17) is 4.74 Å². The molecule has 1 aliphatic heterocycles. The van der Waals surface area contributed by atoms with E-state index in [2.05, 4.69) is 4.98 Å². The number of alkyl halides is 3. The van der Waals surface area contributed by atoms with Crippen LogP contribution in [0.5, 0.6) is 5.75 Å². The Kier molecular flexibility index (Phi) is 9.96. The molecule has 11 heteroatoms. The molecule has 5 rings (SSSR count). The number of benzene rings is 3. The Morgan fingerprint density at radius 3 is 2.18 bits per heavy atom. The molecule has 0 spiro atoms. The fraction of sp³-hybridized carbons (Fsp3) is 0.303. The number of aromatic nitrogens is 1. The van der Waals surface area contributed by atoms with Crippen LogP contribution in [0.1, 0.15) is 44.7 Å². The molecule has 0 N–H and O–H groups in total. The average molecular weight is 623 g/mol. The number of hydrogen-bond donors (Lipinski definition) is 0. The van der Waals surface area contributed by atoms with Crippen molar-refractivity contribution >= 4 is 23.2 Å². The fourth-order valence-corrected chi connectivity index (χ4v) is 5.83. The lowest BCUT2D eigenvalue weighted by Crippen LogP contribution is -2.50. The Morgan fingerprint density at radius 1 is 0.841 bits per heavy atom. The number of thiazole rings is 1. The predicted molar refractivity (Wildman–Crippen MR) is 162 cm³/mol. The van der Waals surface area contributed by atoms with Crippen molar-refractivity contribution in [3.8, 4) is 5.75 Å². The van der Waals surface area contributed by atoms with E-state index in [1.807, 2.05) is 59.5 Å². The van der Waals surface area contributed by atoms with Gasteiger partial charge in [-0.05, 0) is 34.9 Å². The SMILES string of the molecule is CC(=O)N1CCN(C(=O)c2csc(CN(Cc3ccc(OCc4ccccc4)cc3)Cc3cccc(C(F)(F)F)c3)n2)CC1. The summed E-state index contributed by atoms with van der Waals surface area (Å²) < 4.78 is 46.1. The topological polar surface area (TPSA) is 66.0 Å². The summed E-state index contributed by atoms with van der Waals surface area (Å²) in [6, 6.07) is 22.8. The van der Waals surface area contributed by atoms with Gasteiger partial charge in [-0.3, -0.25) is 14.5 Å². The lowest BCUT2D eigenvalue weighted by atomic mass is 10.1. The van der Waals surface area contributed by atoms with Crippen molar-refractivity contribution < 1.29 is 27.5 Å². The van der Waals surface area contributed by atoms with Crippen molar-refractivity contribution in [2.24, 2.45) is 0 Å². The second kappa shape index (κ2) is 14.0. The number of hydrogen-bond acceptors (Lipinski definition) is 6. The third kappa shape index (κ3) is 8.45. The molecule has 0 unspecified atom stereocenters. The molecule has 2 heterocycles. The van der Waals surface area contributed by atoms with Crippen molar-refractivity contribution in [3.05, 3.63) is 117 Å². The monoisotopic (exact) mass is 622 g/mol. The largest absolute Gasteiger partial charge is 0.489 e. The summed E-state index contributed by atoms with van der Waals surface area (Å²) in [4.78, 5) is 34.7. The number of carbonyl (C=O) groups is 2. The van der Waals surface area contributed by atoms with Gasteiger partial charge in [-0.1, -0.05) is 60.7 Å². The highest BCUT2D eigenvalue weighted by Gasteiger charge is 2.30. The lowest BCUT2D eigenvalue weighted by Gasteiger charge is -2.33. The second-order valence-electron chi connectivity index (χ2n) is 10.7. The molecule has 4 aromatic rings. The van der Waals surface area contributed by atoms with Crippen molar-refractivity contribution in [2.45, 2.75) is 39.3 Å². The van der Waals surface area contributed by atoms with E-state index in [0.717, 1.165) is 17.2 Å². The summed E-state index contributed by atoms with van der Waals surface area (Å²) in [5.41, 5.74) is 2.18. The zero-order valence-electron chi connectivity index (χ0n) is 24.3. The van der Waals surface area contributed by atoms with Gasteiger partial charge in [0.05, 0.1) is 12.1 Å². The number of piperazine rings is 1. The molecule has 3 aromatic carbocycles. The summed E-state index contributed by atoms with van der Waals surface area (Å²) in [6.07, 6.45) is -4.43. The maximum Gasteiger partial charge on any atom is 0.416 e. The van der Waals surface area contributed by atoms with Crippen LogP contribution in [0.3, 0.4) is 0 Å². The molecule has 7 nitrogen and oxygen atoms in total. The van der Waals surface area contributed by atoms with E-state index in [9.17, 15) is 22.8 Å². The van der Waals surface area contributed by atoms with Gasteiger partial charge < -0.3 is 14.5 Å². The van der Waals surface area contributed by atoms with E-state index in [1.165, 1.54) is 30.4 Å². The van der Waals surface area contributed by atoms with Crippen LogP contribution in [0.15, 0.2) is 84.2 Å². The van der Waals surface area contributed by atoms with Crippen LogP contribution in [-0.4, -0.2) is 57.7 Å². The Morgan fingerprint density at radius 2 is 1.50 bits per heavy atom. The highest BCUT2D eigenvalue weighted by atomic mass is 32.1. The summed E-state index contributed by atoms with van der Waals surface area (Å²) >= 11 is 1.35. The van der Waals surface area contributed by atoms with Crippen molar-refractivity contribution in [3.63, 3.8) is 0 Å². The number of carbonyl (C=O) groups excluding carboxylic acids is 2. The van der Waals surface area contributed by atoms with Crippen LogP contribution in [-0.2, 0) is 37.2 Å². The second-order valence-corrected chi connectivity index (χ2v) is 11.6. The normalized spacial score (nSPS) is 13.8. The molecule has 1 fully saturated rings. The molecule has 0 atom stereocenters.